The van der Waals surface area contributed by atoms with Crippen molar-refractivity contribution in [3.8, 4) is 0 Å². The molecule has 1 amide bonds. The summed E-state index contributed by atoms with van der Waals surface area (Å²) in [6.07, 6.45) is 25.9. The van der Waals surface area contributed by atoms with E-state index in [9.17, 15) is 40.5 Å². The van der Waals surface area contributed by atoms with Gasteiger partial charge in [-0.05, 0) is 44.4 Å². The summed E-state index contributed by atoms with van der Waals surface area (Å²) < 4.78 is 11.1. The Morgan fingerprint density at radius 3 is 1.55 bits per heavy atom. The van der Waals surface area contributed by atoms with Crippen molar-refractivity contribution in [1.29, 1.82) is 0 Å². The van der Waals surface area contributed by atoms with E-state index >= 15 is 0 Å². The molecule has 0 aromatic rings. The Bertz CT molecular complexity index is 968. The third kappa shape index (κ3) is 26.9. The van der Waals surface area contributed by atoms with Gasteiger partial charge in [-0.1, -0.05) is 181 Å². The van der Waals surface area contributed by atoms with Crippen molar-refractivity contribution in [2.45, 2.75) is 262 Å². The van der Waals surface area contributed by atoms with Crippen molar-refractivity contribution in [3.63, 3.8) is 0 Å². The highest BCUT2D eigenvalue weighted by Crippen LogP contribution is 2.23. The minimum Gasteiger partial charge on any atom is -0.394 e. The molecule has 8 N–H and O–H groups in total. The number of carbonyl (C=O) groups is 1. The molecular formula is C47H91NO10. The van der Waals surface area contributed by atoms with E-state index in [4.69, 9.17) is 9.47 Å². The molecule has 0 unspecified atom stereocenters. The first-order valence-corrected chi connectivity index (χ1v) is 23.9. The molecule has 1 aliphatic rings. The highest BCUT2D eigenvalue weighted by atomic mass is 16.7. The number of hydrogen-bond donors (Lipinski definition) is 8. The molecule has 344 valence electrons. The van der Waals surface area contributed by atoms with Crippen LogP contribution in [0.4, 0.5) is 0 Å². The van der Waals surface area contributed by atoms with Crippen molar-refractivity contribution < 1.29 is 50.0 Å². The number of carbonyl (C=O) groups excluding carboxylic acids is 1. The summed E-state index contributed by atoms with van der Waals surface area (Å²) in [6.45, 7) is 5.65. The molecule has 0 aromatic heterocycles. The molecule has 0 saturated carbocycles. The number of rotatable bonds is 39. The molecule has 0 bridgehead atoms. The monoisotopic (exact) mass is 830 g/mol. The maximum atomic E-state index is 13.1. The molecule has 1 fully saturated rings. The lowest BCUT2D eigenvalue weighted by atomic mass is 9.98. The van der Waals surface area contributed by atoms with Crippen LogP contribution in [-0.4, -0.2) is 110 Å². The smallest absolute Gasteiger partial charge is 0.249 e. The van der Waals surface area contributed by atoms with Crippen LogP contribution >= 0.6 is 0 Å². The summed E-state index contributed by atoms with van der Waals surface area (Å²) in [6, 6.07) is -1.16. The van der Waals surface area contributed by atoms with Gasteiger partial charge in [0.05, 0.1) is 25.4 Å². The third-order valence-corrected chi connectivity index (χ3v) is 11.7. The number of unbranched alkanes of at least 4 members (excludes halogenated alkanes) is 23. The third-order valence-electron chi connectivity index (χ3n) is 11.7. The first-order chi connectivity index (χ1) is 28.0. The minimum atomic E-state index is -1.66. The molecule has 1 aliphatic heterocycles. The summed E-state index contributed by atoms with van der Waals surface area (Å²) in [5, 5.41) is 75.5. The number of hydrogen-bond acceptors (Lipinski definition) is 10. The number of nitrogens with one attached hydrogen (secondary N) is 1. The van der Waals surface area contributed by atoms with E-state index in [-0.39, 0.29) is 6.42 Å². The molecule has 58 heavy (non-hydrogen) atoms. The Labute approximate surface area is 353 Å². The van der Waals surface area contributed by atoms with Gasteiger partial charge < -0.3 is 50.5 Å². The van der Waals surface area contributed by atoms with Crippen molar-refractivity contribution in [3.05, 3.63) is 12.2 Å². The zero-order valence-electron chi connectivity index (χ0n) is 37.2. The van der Waals surface area contributed by atoms with Crippen LogP contribution in [0.3, 0.4) is 0 Å². The lowest BCUT2D eigenvalue weighted by molar-refractivity contribution is -0.303. The second kappa shape index (κ2) is 36.5. The van der Waals surface area contributed by atoms with E-state index in [0.29, 0.717) is 25.2 Å². The lowest BCUT2D eigenvalue weighted by Gasteiger charge is -2.40. The number of aliphatic hydroxyl groups excluding tert-OH is 7. The van der Waals surface area contributed by atoms with Crippen LogP contribution in [0.5, 0.6) is 0 Å². The van der Waals surface area contributed by atoms with Crippen molar-refractivity contribution in [2.24, 2.45) is 5.92 Å². The standard InChI is InChI=1S/C47H91NO10/c1-4-5-6-7-8-9-10-11-12-13-14-15-16-17-18-19-20-21-22-23-28-31-34-40(51)46(56)48-38(36-57-47-45(55)44(54)43(53)41(35-49)58-47)42(52)39(50)33-30-27-25-24-26-29-32-37(2)3/h9-10,37-45,47,49-55H,4-8,11-36H2,1-3H3,(H,48,56)/b10-9-/t38-,39+,40+,41+,42-,43+,44-,45+,47+/m0/s1. The molecule has 0 aliphatic carbocycles. The Balaban J connectivity index is 2.33. The molecule has 0 aromatic carbocycles. The van der Waals surface area contributed by atoms with Crippen LogP contribution in [0, 0.1) is 5.92 Å². The molecule has 11 heteroatoms. The van der Waals surface area contributed by atoms with Gasteiger partial charge in [-0.25, -0.2) is 0 Å². The lowest BCUT2D eigenvalue weighted by Crippen LogP contribution is -2.60. The van der Waals surface area contributed by atoms with Crippen molar-refractivity contribution in [1.82, 2.24) is 5.32 Å². The minimum absolute atomic E-state index is 0.262. The van der Waals surface area contributed by atoms with Gasteiger partial charge in [-0.2, -0.15) is 0 Å². The number of ether oxygens (including phenoxy) is 2. The summed E-state index contributed by atoms with van der Waals surface area (Å²) in [5.74, 6) is 0.00339. The van der Waals surface area contributed by atoms with Gasteiger partial charge in [0, 0.05) is 0 Å². The van der Waals surface area contributed by atoms with Gasteiger partial charge in [0.2, 0.25) is 5.91 Å². The Hall–Kier alpha value is -1.15. The van der Waals surface area contributed by atoms with E-state index in [2.05, 4.69) is 38.2 Å². The first-order valence-electron chi connectivity index (χ1n) is 23.9. The number of aliphatic hydroxyl groups is 7. The Morgan fingerprint density at radius 2 is 1.07 bits per heavy atom. The molecule has 1 rings (SSSR count). The van der Waals surface area contributed by atoms with Gasteiger partial charge in [-0.15, -0.1) is 0 Å². The van der Waals surface area contributed by atoms with Crippen molar-refractivity contribution in [2.75, 3.05) is 13.2 Å². The van der Waals surface area contributed by atoms with Crippen LogP contribution in [0.1, 0.15) is 207 Å². The topological polar surface area (TPSA) is 189 Å². The highest BCUT2D eigenvalue weighted by Gasteiger charge is 2.44. The summed E-state index contributed by atoms with van der Waals surface area (Å²) in [4.78, 5) is 13.1. The summed E-state index contributed by atoms with van der Waals surface area (Å²) >= 11 is 0. The fourth-order valence-electron chi connectivity index (χ4n) is 7.74. The van der Waals surface area contributed by atoms with Gasteiger partial charge in [0.25, 0.3) is 0 Å². The van der Waals surface area contributed by atoms with Gasteiger partial charge in [0.1, 0.15) is 36.6 Å². The molecule has 1 heterocycles. The van der Waals surface area contributed by atoms with Crippen LogP contribution in [0.2, 0.25) is 0 Å². The first kappa shape index (κ1) is 54.9. The predicted molar refractivity (Wildman–Crippen MR) is 233 cm³/mol. The van der Waals surface area contributed by atoms with E-state index in [1.165, 1.54) is 122 Å². The molecule has 1 saturated heterocycles. The summed E-state index contributed by atoms with van der Waals surface area (Å²) in [7, 11) is 0. The maximum absolute atomic E-state index is 13.1. The second-order valence-corrected chi connectivity index (χ2v) is 17.7. The average Bonchev–Trinajstić information content (AvgIpc) is 3.21. The van der Waals surface area contributed by atoms with E-state index in [1.54, 1.807) is 0 Å². The molecule has 0 spiro atoms. The van der Waals surface area contributed by atoms with Crippen LogP contribution in [0.25, 0.3) is 0 Å². The van der Waals surface area contributed by atoms with Crippen LogP contribution in [0.15, 0.2) is 12.2 Å². The molecule has 11 nitrogen and oxygen atoms in total. The molecular weight excluding hydrogens is 739 g/mol. The maximum Gasteiger partial charge on any atom is 0.249 e. The van der Waals surface area contributed by atoms with E-state index in [1.807, 2.05) is 0 Å². The number of amides is 1. The SMILES string of the molecule is CCCCCC/C=C\CCCCCCCCCCCCCCCC[C@@H](O)C(=O)N[C@@H](CO[C@@H]1O[C@H](CO)[C@@H](O)[C@H](O)[C@H]1O)[C@H](O)[C@H](O)CCCCCCCCC(C)C. The predicted octanol–water partition coefficient (Wildman–Crippen LogP) is 7.92. The van der Waals surface area contributed by atoms with Crippen LogP contribution in [-0.2, 0) is 14.3 Å². The van der Waals surface area contributed by atoms with Crippen LogP contribution < -0.4 is 5.32 Å². The largest absolute Gasteiger partial charge is 0.394 e. The van der Waals surface area contributed by atoms with Crippen molar-refractivity contribution >= 4 is 5.91 Å². The fourth-order valence-corrected chi connectivity index (χ4v) is 7.74. The zero-order valence-corrected chi connectivity index (χ0v) is 37.2. The van der Waals surface area contributed by atoms with Gasteiger partial charge in [0.15, 0.2) is 6.29 Å². The van der Waals surface area contributed by atoms with E-state index < -0.39 is 74.2 Å². The average molecular weight is 830 g/mol. The van der Waals surface area contributed by atoms with Gasteiger partial charge >= 0.3 is 0 Å². The fraction of sp³-hybridized carbons (Fsp3) is 0.936. The summed E-state index contributed by atoms with van der Waals surface area (Å²) in [5.41, 5.74) is 0. The van der Waals surface area contributed by atoms with Gasteiger partial charge in [-0.3, -0.25) is 4.79 Å². The quantitative estimate of drug-likeness (QED) is 0.0223. The zero-order chi connectivity index (χ0) is 42.8. The normalized spacial score (nSPS) is 22.1. The Morgan fingerprint density at radius 1 is 0.621 bits per heavy atom. The number of allylic oxidation sites excluding steroid dienone is 2. The Kier molecular flexibility index (Phi) is 34.5. The highest BCUT2D eigenvalue weighted by molar-refractivity contribution is 5.80. The molecule has 9 atom stereocenters. The molecule has 0 radical (unpaired) electrons. The second-order valence-electron chi connectivity index (χ2n) is 17.7. The van der Waals surface area contributed by atoms with E-state index in [0.717, 1.165) is 38.5 Å².